The lowest BCUT2D eigenvalue weighted by molar-refractivity contribution is 0.434. The number of benzene rings is 4. The fourth-order valence-corrected chi connectivity index (χ4v) is 4.94. The van der Waals surface area contributed by atoms with Crippen molar-refractivity contribution >= 4 is 36.5 Å². The van der Waals surface area contributed by atoms with Gasteiger partial charge in [0.25, 0.3) is 0 Å². The summed E-state index contributed by atoms with van der Waals surface area (Å²) in [4.78, 5) is 4.65. The Balaban J connectivity index is 1.36. The maximum absolute atomic E-state index is 6.23. The maximum Gasteiger partial charge on any atom is 0.853 e. The molecule has 1 heterocycles. The van der Waals surface area contributed by atoms with Gasteiger partial charge in [-0.05, 0) is 64.9 Å². The average molecular weight is 419 g/mol. The molecule has 0 radical (unpaired) electrons. The predicted molar refractivity (Wildman–Crippen MR) is 129 cm³/mol. The fraction of sp³-hybridized carbons (Fsp3) is 0.0741. The van der Waals surface area contributed by atoms with Gasteiger partial charge in [0.15, 0.2) is 0 Å². The van der Waals surface area contributed by atoms with Crippen LogP contribution in [0, 0.1) is 6.92 Å². The van der Waals surface area contributed by atoms with Crippen LogP contribution in [0.25, 0.3) is 32.8 Å². The van der Waals surface area contributed by atoms with Crippen molar-refractivity contribution in [1.82, 2.24) is 4.98 Å². The summed E-state index contributed by atoms with van der Waals surface area (Å²) in [5.41, 5.74) is 4.30. The first-order valence-electron chi connectivity index (χ1n) is 10.4. The third-order valence-corrected chi connectivity index (χ3v) is 6.53. The maximum atomic E-state index is 6.23. The summed E-state index contributed by atoms with van der Waals surface area (Å²) >= 11 is -1.96. The summed E-state index contributed by atoms with van der Waals surface area (Å²) < 4.78 is 12.4. The molecule has 0 aliphatic carbocycles. The van der Waals surface area contributed by atoms with Crippen LogP contribution in [0.5, 0.6) is 11.5 Å². The number of hydrogen-bond donors (Lipinski definition) is 0. The molecule has 0 fully saturated rings. The third kappa shape index (κ3) is 4.27. The van der Waals surface area contributed by atoms with E-state index in [4.69, 9.17) is 7.58 Å². The van der Waals surface area contributed by atoms with Gasteiger partial charge in [0.1, 0.15) is 11.3 Å². The number of rotatable bonds is 5. The van der Waals surface area contributed by atoms with E-state index in [1.807, 2.05) is 43.0 Å². The first kappa shape index (κ1) is 19.6. The molecule has 5 rings (SSSR count). The highest BCUT2D eigenvalue weighted by Crippen LogP contribution is 2.28. The molecule has 0 saturated heterocycles. The number of aromatic nitrogens is 1. The highest BCUT2D eigenvalue weighted by atomic mass is 27.2. The first-order valence-corrected chi connectivity index (χ1v) is 12.5. The van der Waals surface area contributed by atoms with Crippen molar-refractivity contribution in [2.24, 2.45) is 0 Å². The van der Waals surface area contributed by atoms with Crippen LogP contribution < -0.4 is 7.58 Å². The van der Waals surface area contributed by atoms with Crippen LogP contribution in [0.1, 0.15) is 5.69 Å². The SMILES string of the molecule is Cc1ccc2cccc([O][Al]([CH3])[O]c3ccc4cc(-c5ccccc5)ccc4c3)c2n1. The van der Waals surface area contributed by atoms with E-state index in [2.05, 4.69) is 71.7 Å². The Morgan fingerprint density at radius 3 is 2.29 bits per heavy atom. The van der Waals surface area contributed by atoms with Gasteiger partial charge >= 0.3 is 14.8 Å². The lowest BCUT2D eigenvalue weighted by Crippen LogP contribution is -2.25. The van der Waals surface area contributed by atoms with Gasteiger partial charge in [0, 0.05) is 11.1 Å². The molecule has 5 aromatic rings. The van der Waals surface area contributed by atoms with Gasteiger partial charge in [0.2, 0.25) is 0 Å². The molecule has 0 spiro atoms. The Morgan fingerprint density at radius 2 is 1.42 bits per heavy atom. The Labute approximate surface area is 187 Å². The number of nitrogens with zero attached hydrogens (tertiary/aromatic N) is 1. The van der Waals surface area contributed by atoms with Crippen molar-refractivity contribution in [1.29, 1.82) is 0 Å². The van der Waals surface area contributed by atoms with Crippen molar-refractivity contribution in [3.05, 3.63) is 103 Å². The van der Waals surface area contributed by atoms with Gasteiger partial charge < -0.3 is 7.58 Å². The highest BCUT2D eigenvalue weighted by molar-refractivity contribution is 6.44. The normalized spacial score (nSPS) is 10.9. The Hall–Kier alpha value is -3.32. The second kappa shape index (κ2) is 8.43. The van der Waals surface area contributed by atoms with Gasteiger partial charge in [0.05, 0.1) is 5.75 Å². The van der Waals surface area contributed by atoms with Gasteiger partial charge in [-0.1, -0.05) is 66.7 Å². The zero-order valence-corrected chi connectivity index (χ0v) is 18.7. The molecule has 0 amide bonds. The van der Waals surface area contributed by atoms with Crippen molar-refractivity contribution < 1.29 is 7.58 Å². The van der Waals surface area contributed by atoms with Crippen LogP contribution in [0.15, 0.2) is 97.1 Å². The van der Waals surface area contributed by atoms with Crippen LogP contribution >= 0.6 is 0 Å². The quantitative estimate of drug-likeness (QED) is 0.289. The molecule has 150 valence electrons. The van der Waals surface area contributed by atoms with Gasteiger partial charge in [-0.2, -0.15) is 0 Å². The minimum Gasteiger partial charge on any atom is -0.612 e. The number of para-hydroxylation sites is 1. The number of fused-ring (bicyclic) bond motifs is 2. The molecule has 3 nitrogen and oxygen atoms in total. The second-order valence-corrected chi connectivity index (χ2v) is 9.28. The summed E-state index contributed by atoms with van der Waals surface area (Å²) in [6.07, 6.45) is 0. The van der Waals surface area contributed by atoms with E-state index in [9.17, 15) is 0 Å². The molecule has 0 aliphatic rings. The van der Waals surface area contributed by atoms with Crippen LogP contribution in [0.4, 0.5) is 0 Å². The molecule has 31 heavy (non-hydrogen) atoms. The summed E-state index contributed by atoms with van der Waals surface area (Å²) in [5.74, 6) is 3.66. The van der Waals surface area contributed by atoms with E-state index in [0.717, 1.165) is 33.5 Å². The smallest absolute Gasteiger partial charge is 0.612 e. The molecule has 0 aliphatic heterocycles. The summed E-state index contributed by atoms with van der Waals surface area (Å²) in [6, 6.07) is 33.3. The predicted octanol–water partition coefficient (Wildman–Crippen LogP) is 6.94. The number of hydrogen-bond acceptors (Lipinski definition) is 3. The molecule has 0 unspecified atom stereocenters. The lowest BCUT2D eigenvalue weighted by atomic mass is 10.0. The molecule has 0 N–H and O–H groups in total. The monoisotopic (exact) mass is 419 g/mol. The van der Waals surface area contributed by atoms with E-state index >= 15 is 0 Å². The first-order chi connectivity index (χ1) is 15.2. The van der Waals surface area contributed by atoms with E-state index in [-0.39, 0.29) is 0 Å². The molecule has 0 saturated carbocycles. The molecule has 4 heteroatoms. The van der Waals surface area contributed by atoms with E-state index in [1.165, 1.54) is 16.5 Å². The van der Waals surface area contributed by atoms with Gasteiger partial charge in [-0.3, -0.25) is 0 Å². The van der Waals surface area contributed by atoms with Crippen molar-refractivity contribution in [3.8, 4) is 22.6 Å². The largest absolute Gasteiger partial charge is 0.853 e. The van der Waals surface area contributed by atoms with E-state index in [0.29, 0.717) is 0 Å². The minimum atomic E-state index is -1.96. The second-order valence-electron chi connectivity index (χ2n) is 7.67. The molecule has 1 aromatic heterocycles. The Kier molecular flexibility index (Phi) is 5.34. The molecule has 0 atom stereocenters. The van der Waals surface area contributed by atoms with Gasteiger partial charge in [-0.25, -0.2) is 4.98 Å². The summed E-state index contributed by atoms with van der Waals surface area (Å²) in [5, 5.41) is 3.42. The van der Waals surface area contributed by atoms with Crippen LogP contribution in [0.2, 0.25) is 5.79 Å². The Morgan fingerprint density at radius 1 is 0.645 bits per heavy atom. The van der Waals surface area contributed by atoms with Gasteiger partial charge in [-0.15, -0.1) is 0 Å². The molecule has 0 bridgehead atoms. The van der Waals surface area contributed by atoms with Crippen LogP contribution in [-0.2, 0) is 0 Å². The Bertz CT molecular complexity index is 1370. The molecular formula is C27H22AlNO2. The summed E-state index contributed by atoms with van der Waals surface area (Å²) in [7, 11) is 0. The van der Waals surface area contributed by atoms with Crippen molar-refractivity contribution in [2.45, 2.75) is 12.7 Å². The zero-order valence-electron chi connectivity index (χ0n) is 17.6. The summed E-state index contributed by atoms with van der Waals surface area (Å²) in [6.45, 7) is 1.99. The molecule has 4 aromatic carbocycles. The average Bonchev–Trinajstić information content (AvgIpc) is 2.79. The third-order valence-electron chi connectivity index (χ3n) is 5.34. The fourth-order valence-electron chi connectivity index (χ4n) is 3.81. The topological polar surface area (TPSA) is 31.4 Å². The molecular weight excluding hydrogens is 397 g/mol. The van der Waals surface area contributed by atoms with Crippen molar-refractivity contribution in [3.63, 3.8) is 0 Å². The standard InChI is InChI=1S/C16H12O.C10H9NO.CH3.Al/c17-16-9-8-14-10-13(6-7-15(14)11-16)12-4-2-1-3-5-12;1-7-5-6-8-3-2-4-9(12)10(8)11-7;;/h1-11,17H;2-6,12H,1H3;1H3;/q;;;+2/p-2. The van der Waals surface area contributed by atoms with E-state index in [1.54, 1.807) is 0 Å². The highest BCUT2D eigenvalue weighted by Gasteiger charge is 2.25. The number of pyridine rings is 1. The van der Waals surface area contributed by atoms with Crippen LogP contribution in [-0.4, -0.2) is 19.8 Å². The van der Waals surface area contributed by atoms with Crippen molar-refractivity contribution in [2.75, 3.05) is 0 Å². The van der Waals surface area contributed by atoms with E-state index < -0.39 is 14.8 Å². The zero-order chi connectivity index (χ0) is 21.2. The minimum absolute atomic E-state index is 0.786. The number of aryl methyl sites for hydroxylation is 1. The van der Waals surface area contributed by atoms with Crippen LogP contribution in [0.3, 0.4) is 0 Å². The lowest BCUT2D eigenvalue weighted by Gasteiger charge is -2.15.